The highest BCUT2D eigenvalue weighted by Gasteiger charge is 2.12. The van der Waals surface area contributed by atoms with Crippen molar-refractivity contribution in [2.24, 2.45) is 5.73 Å². The number of benzene rings is 2. The van der Waals surface area contributed by atoms with Crippen LogP contribution in [0.2, 0.25) is 0 Å². The van der Waals surface area contributed by atoms with E-state index in [0.29, 0.717) is 0 Å². The first-order valence-electron chi connectivity index (χ1n) is 10.6. The number of nitrogens with two attached hydrogens (primary N) is 1. The largest absolute Gasteiger partial charge is 0.369 e. The van der Waals surface area contributed by atoms with Crippen molar-refractivity contribution in [3.8, 4) is 11.1 Å². The van der Waals surface area contributed by atoms with Gasteiger partial charge in [0.2, 0.25) is 5.91 Å². The summed E-state index contributed by atoms with van der Waals surface area (Å²) in [6.07, 6.45) is 9.03. The second-order valence-electron chi connectivity index (χ2n) is 8.42. The van der Waals surface area contributed by atoms with Crippen molar-refractivity contribution in [2.45, 2.75) is 53.5 Å². The highest BCUT2D eigenvalue weighted by Crippen LogP contribution is 2.29. The Balaban J connectivity index is 1.93. The standard InChI is InChI=1S/C27H32N2O/c1-19(2)7-5-8-20(3)13-14-29-18-24(17-27(28)30)25-16-23(11-12-26(25)29)22-10-6-9-21(4)15-22/h6-7,9-13,15-16,18H,5,8,14,17H2,1-4H3,(H2,28,30)/b20-13+. The summed E-state index contributed by atoms with van der Waals surface area (Å²) in [6, 6.07) is 15.0. The number of primary amides is 1. The second kappa shape index (κ2) is 9.62. The first-order valence-corrected chi connectivity index (χ1v) is 10.6. The average molecular weight is 401 g/mol. The SMILES string of the molecule is CC(C)=CCC/C(C)=C/Cn1cc(CC(N)=O)c2cc(-c3cccc(C)c3)ccc21. The molecular weight excluding hydrogens is 368 g/mol. The Morgan fingerprint density at radius 1 is 1.03 bits per heavy atom. The molecule has 0 bridgehead atoms. The van der Waals surface area contributed by atoms with Gasteiger partial charge in [0.05, 0.1) is 6.42 Å². The summed E-state index contributed by atoms with van der Waals surface area (Å²) < 4.78 is 2.22. The summed E-state index contributed by atoms with van der Waals surface area (Å²) in [4.78, 5) is 11.7. The second-order valence-corrected chi connectivity index (χ2v) is 8.42. The number of hydrogen-bond acceptors (Lipinski definition) is 1. The van der Waals surface area contributed by atoms with Gasteiger partial charge in [0, 0.05) is 23.6 Å². The molecular formula is C27H32N2O. The smallest absolute Gasteiger partial charge is 0.221 e. The van der Waals surface area contributed by atoms with Crippen molar-refractivity contribution < 1.29 is 4.79 Å². The molecule has 0 radical (unpaired) electrons. The van der Waals surface area contributed by atoms with Crippen LogP contribution < -0.4 is 5.73 Å². The van der Waals surface area contributed by atoms with Crippen molar-refractivity contribution in [2.75, 3.05) is 0 Å². The van der Waals surface area contributed by atoms with Crippen LogP contribution in [0.15, 0.2) is 72.0 Å². The highest BCUT2D eigenvalue weighted by molar-refractivity contribution is 5.92. The van der Waals surface area contributed by atoms with Gasteiger partial charge >= 0.3 is 0 Å². The number of fused-ring (bicyclic) bond motifs is 1. The molecule has 1 aromatic heterocycles. The van der Waals surface area contributed by atoms with Gasteiger partial charge in [0.15, 0.2) is 0 Å². The maximum atomic E-state index is 11.7. The van der Waals surface area contributed by atoms with Gasteiger partial charge in [-0.1, -0.05) is 59.2 Å². The van der Waals surface area contributed by atoms with Gasteiger partial charge in [-0.2, -0.15) is 0 Å². The summed E-state index contributed by atoms with van der Waals surface area (Å²) in [7, 11) is 0. The van der Waals surface area contributed by atoms with Crippen molar-refractivity contribution in [3.63, 3.8) is 0 Å². The lowest BCUT2D eigenvalue weighted by atomic mass is 10.0. The zero-order valence-electron chi connectivity index (χ0n) is 18.5. The number of aromatic nitrogens is 1. The first-order chi connectivity index (χ1) is 14.3. The third-order valence-electron chi connectivity index (χ3n) is 5.41. The van der Waals surface area contributed by atoms with Gasteiger partial charge in [0.25, 0.3) is 0 Å². The zero-order chi connectivity index (χ0) is 21.7. The fourth-order valence-corrected chi connectivity index (χ4v) is 3.80. The Morgan fingerprint density at radius 2 is 1.80 bits per heavy atom. The lowest BCUT2D eigenvalue weighted by Gasteiger charge is -2.07. The zero-order valence-corrected chi connectivity index (χ0v) is 18.5. The van der Waals surface area contributed by atoms with Crippen LogP contribution in [-0.2, 0) is 17.8 Å². The van der Waals surface area contributed by atoms with Crippen LogP contribution in [-0.4, -0.2) is 10.5 Å². The van der Waals surface area contributed by atoms with E-state index in [4.69, 9.17) is 5.73 Å². The number of aryl methyl sites for hydroxylation is 1. The van der Waals surface area contributed by atoms with Crippen molar-refractivity contribution >= 4 is 16.8 Å². The number of hydrogen-bond donors (Lipinski definition) is 1. The van der Waals surface area contributed by atoms with Crippen LogP contribution >= 0.6 is 0 Å². The Hall–Kier alpha value is -3.07. The maximum Gasteiger partial charge on any atom is 0.221 e. The lowest BCUT2D eigenvalue weighted by Crippen LogP contribution is -2.13. The van der Waals surface area contributed by atoms with Crippen LogP contribution in [0.3, 0.4) is 0 Å². The molecule has 2 aromatic carbocycles. The van der Waals surface area contributed by atoms with Crippen molar-refractivity contribution in [3.05, 3.63) is 83.1 Å². The Bertz CT molecular complexity index is 1110. The normalized spacial score (nSPS) is 11.7. The Morgan fingerprint density at radius 3 is 2.50 bits per heavy atom. The molecule has 30 heavy (non-hydrogen) atoms. The minimum atomic E-state index is -0.302. The fourth-order valence-electron chi connectivity index (χ4n) is 3.80. The van der Waals surface area contributed by atoms with Gasteiger partial charge in [-0.3, -0.25) is 4.79 Å². The number of allylic oxidation sites excluding steroid dienone is 4. The predicted molar refractivity (Wildman–Crippen MR) is 127 cm³/mol. The molecule has 0 atom stereocenters. The molecule has 1 amide bonds. The van der Waals surface area contributed by atoms with Crippen LogP contribution in [0.25, 0.3) is 22.0 Å². The highest BCUT2D eigenvalue weighted by atomic mass is 16.1. The van der Waals surface area contributed by atoms with Gasteiger partial charge in [0.1, 0.15) is 0 Å². The molecule has 0 saturated heterocycles. The van der Waals surface area contributed by atoms with E-state index in [-0.39, 0.29) is 12.3 Å². The van der Waals surface area contributed by atoms with Crippen LogP contribution in [0.1, 0.15) is 44.7 Å². The van der Waals surface area contributed by atoms with Crippen LogP contribution in [0.4, 0.5) is 0 Å². The number of amides is 1. The quantitative estimate of drug-likeness (QED) is 0.441. The molecule has 0 aliphatic heterocycles. The fraction of sp³-hybridized carbons (Fsp3) is 0.296. The summed E-state index contributed by atoms with van der Waals surface area (Å²) in [5.74, 6) is -0.302. The maximum absolute atomic E-state index is 11.7. The molecule has 3 nitrogen and oxygen atoms in total. The van der Waals surface area contributed by atoms with E-state index in [1.807, 2.05) is 0 Å². The monoisotopic (exact) mass is 400 g/mol. The third kappa shape index (κ3) is 5.50. The number of nitrogens with zero attached hydrogens (tertiary/aromatic N) is 1. The van der Waals surface area contributed by atoms with Gasteiger partial charge in [-0.15, -0.1) is 0 Å². The van der Waals surface area contributed by atoms with Gasteiger partial charge in [-0.05, 0) is 69.4 Å². The molecule has 3 heteroatoms. The molecule has 3 aromatic rings. The van der Waals surface area contributed by atoms with Crippen LogP contribution in [0.5, 0.6) is 0 Å². The Labute approximate surface area is 179 Å². The molecule has 3 rings (SSSR count). The molecule has 0 unspecified atom stereocenters. The molecule has 0 saturated carbocycles. The van der Waals surface area contributed by atoms with E-state index < -0.39 is 0 Å². The summed E-state index contributed by atoms with van der Waals surface area (Å²) >= 11 is 0. The minimum absolute atomic E-state index is 0.254. The van der Waals surface area contributed by atoms with E-state index in [9.17, 15) is 4.79 Å². The summed E-state index contributed by atoms with van der Waals surface area (Å²) in [5, 5.41) is 1.10. The van der Waals surface area contributed by atoms with E-state index >= 15 is 0 Å². The van der Waals surface area contributed by atoms with Gasteiger partial charge in [-0.25, -0.2) is 0 Å². The number of carbonyl (C=O) groups excluding carboxylic acids is 1. The summed E-state index contributed by atoms with van der Waals surface area (Å²) in [5.41, 5.74) is 14.0. The van der Waals surface area contributed by atoms with Crippen molar-refractivity contribution in [1.29, 1.82) is 0 Å². The minimum Gasteiger partial charge on any atom is -0.369 e. The Kier molecular flexibility index (Phi) is 6.94. The molecule has 0 fully saturated rings. The molecule has 0 aliphatic carbocycles. The molecule has 0 aliphatic rings. The third-order valence-corrected chi connectivity index (χ3v) is 5.41. The lowest BCUT2D eigenvalue weighted by molar-refractivity contribution is -0.117. The van der Waals surface area contributed by atoms with Crippen LogP contribution in [0, 0.1) is 6.92 Å². The van der Waals surface area contributed by atoms with E-state index in [1.165, 1.54) is 22.3 Å². The predicted octanol–water partition coefficient (Wildman–Crippen LogP) is 6.34. The van der Waals surface area contributed by atoms with Gasteiger partial charge < -0.3 is 10.3 Å². The van der Waals surface area contributed by atoms with Crippen molar-refractivity contribution in [1.82, 2.24) is 4.57 Å². The van der Waals surface area contributed by atoms with E-state index in [1.54, 1.807) is 0 Å². The first kappa shape index (κ1) is 21.6. The molecule has 2 N–H and O–H groups in total. The molecule has 156 valence electrons. The van der Waals surface area contributed by atoms with E-state index in [0.717, 1.165) is 41.4 Å². The number of carbonyl (C=O) groups is 1. The summed E-state index contributed by atoms with van der Waals surface area (Å²) in [6.45, 7) is 9.35. The topological polar surface area (TPSA) is 48.0 Å². The number of rotatable bonds is 8. The van der Waals surface area contributed by atoms with E-state index in [2.05, 4.69) is 93.1 Å². The molecule has 1 heterocycles. The molecule has 0 spiro atoms. The average Bonchev–Trinajstić information content (AvgIpc) is 3.02.